The maximum Gasteiger partial charge on any atom is 0.305 e. The molecule has 6 heteroatoms. The molecule has 1 amide bonds. The fourth-order valence-corrected chi connectivity index (χ4v) is 4.21. The molecule has 136 valence electrons. The van der Waals surface area contributed by atoms with Gasteiger partial charge in [-0.25, -0.2) is 0 Å². The monoisotopic (exact) mass is 354 g/mol. The number of nitrogens with zero attached hydrogens (tertiary/aromatic N) is 1. The number of H-pyrrole nitrogens is 1. The second-order valence-electron chi connectivity index (χ2n) is 7.75. The van der Waals surface area contributed by atoms with E-state index in [4.69, 9.17) is 5.11 Å². The van der Waals surface area contributed by atoms with Gasteiger partial charge in [-0.15, -0.1) is 0 Å². The summed E-state index contributed by atoms with van der Waals surface area (Å²) in [6.07, 6.45) is 3.17. The first-order chi connectivity index (χ1) is 12.3. The number of aromatic amines is 1. The van der Waals surface area contributed by atoms with Crippen LogP contribution < -0.4 is 4.90 Å². The number of ketones is 1. The fourth-order valence-electron chi connectivity index (χ4n) is 4.21. The Kier molecular flexibility index (Phi) is 3.68. The van der Waals surface area contributed by atoms with Crippen molar-refractivity contribution >= 4 is 34.3 Å². The number of fused-ring (bicyclic) bond motifs is 4. The zero-order valence-electron chi connectivity index (χ0n) is 15.0. The van der Waals surface area contributed by atoms with Crippen molar-refractivity contribution in [2.45, 2.75) is 51.4 Å². The van der Waals surface area contributed by atoms with Crippen molar-refractivity contribution in [2.75, 3.05) is 11.4 Å². The summed E-state index contributed by atoms with van der Waals surface area (Å²) in [4.78, 5) is 41.1. The number of rotatable bonds is 3. The molecule has 0 unspecified atom stereocenters. The first kappa shape index (κ1) is 16.8. The van der Waals surface area contributed by atoms with Gasteiger partial charge >= 0.3 is 5.97 Å². The van der Waals surface area contributed by atoms with E-state index in [1.807, 2.05) is 26.0 Å². The standard InChI is InChI=1S/C20H22N2O4/c1-20(2)13-10-14-12(11-5-3-4-6-16(23)18(11)21-14)9-15(13)22(19(20)26)8-7-17(24)25/h9-10,21H,3-8H2,1-2H3,(H,24,25). The summed E-state index contributed by atoms with van der Waals surface area (Å²) in [7, 11) is 0. The van der Waals surface area contributed by atoms with Gasteiger partial charge in [0.2, 0.25) is 5.91 Å². The molecule has 0 saturated heterocycles. The van der Waals surface area contributed by atoms with Crippen LogP contribution >= 0.6 is 0 Å². The van der Waals surface area contributed by atoms with Gasteiger partial charge in [0.05, 0.1) is 17.5 Å². The predicted molar refractivity (Wildman–Crippen MR) is 97.8 cm³/mol. The molecule has 2 N–H and O–H groups in total. The fraction of sp³-hybridized carbons (Fsp3) is 0.450. The van der Waals surface area contributed by atoms with Gasteiger partial charge in [0.15, 0.2) is 5.78 Å². The molecule has 1 aliphatic heterocycles. The number of anilines is 1. The van der Waals surface area contributed by atoms with Crippen LogP contribution in [0.5, 0.6) is 0 Å². The topological polar surface area (TPSA) is 90.5 Å². The van der Waals surface area contributed by atoms with Crippen LogP contribution in [0.4, 0.5) is 5.69 Å². The lowest BCUT2D eigenvalue weighted by atomic mass is 9.85. The van der Waals surface area contributed by atoms with Crippen molar-refractivity contribution in [3.05, 3.63) is 29.0 Å². The molecule has 2 aliphatic rings. The molecule has 0 spiro atoms. The Bertz CT molecular complexity index is 954. The summed E-state index contributed by atoms with van der Waals surface area (Å²) in [5.74, 6) is -0.859. The van der Waals surface area contributed by atoms with Crippen molar-refractivity contribution in [1.82, 2.24) is 4.98 Å². The molecule has 2 aromatic rings. The number of aliphatic carboxylic acids is 1. The minimum absolute atomic E-state index is 0.0800. The van der Waals surface area contributed by atoms with Crippen molar-refractivity contribution in [3.8, 4) is 0 Å². The molecule has 1 aliphatic carbocycles. The number of nitrogens with one attached hydrogen (secondary N) is 1. The number of Topliss-reactive ketones (excluding diaryl/α,β-unsaturated/α-hetero) is 1. The van der Waals surface area contributed by atoms with Gasteiger partial charge in [0.1, 0.15) is 0 Å². The predicted octanol–water partition coefficient (Wildman–Crippen LogP) is 3.18. The number of hydrogen-bond donors (Lipinski definition) is 2. The normalized spacial score (nSPS) is 18.8. The number of carbonyl (C=O) groups is 3. The van der Waals surface area contributed by atoms with E-state index in [-0.39, 0.29) is 24.7 Å². The highest BCUT2D eigenvalue weighted by Crippen LogP contribution is 2.44. The minimum Gasteiger partial charge on any atom is -0.481 e. The van der Waals surface area contributed by atoms with Crippen molar-refractivity contribution in [2.24, 2.45) is 0 Å². The van der Waals surface area contributed by atoms with Crippen LogP contribution in [-0.2, 0) is 21.4 Å². The first-order valence-electron chi connectivity index (χ1n) is 9.06. The average Bonchev–Trinajstić information content (AvgIpc) is 2.94. The molecule has 6 nitrogen and oxygen atoms in total. The Balaban J connectivity index is 1.89. The molecular formula is C20H22N2O4. The van der Waals surface area contributed by atoms with Gasteiger partial charge in [-0.1, -0.05) is 0 Å². The summed E-state index contributed by atoms with van der Waals surface area (Å²) in [6, 6.07) is 3.93. The first-order valence-corrected chi connectivity index (χ1v) is 9.06. The van der Waals surface area contributed by atoms with Crippen LogP contribution in [0.25, 0.3) is 10.9 Å². The van der Waals surface area contributed by atoms with Crippen molar-refractivity contribution in [3.63, 3.8) is 0 Å². The van der Waals surface area contributed by atoms with Gasteiger partial charge in [0.25, 0.3) is 0 Å². The second-order valence-corrected chi connectivity index (χ2v) is 7.75. The van der Waals surface area contributed by atoms with Crippen LogP contribution in [-0.4, -0.2) is 34.3 Å². The Morgan fingerprint density at radius 1 is 1.23 bits per heavy atom. The quantitative estimate of drug-likeness (QED) is 0.828. The highest BCUT2D eigenvalue weighted by atomic mass is 16.4. The molecule has 0 saturated carbocycles. The van der Waals surface area contributed by atoms with Crippen molar-refractivity contribution in [1.29, 1.82) is 0 Å². The lowest BCUT2D eigenvalue weighted by molar-refractivity contribution is -0.136. The van der Waals surface area contributed by atoms with Gasteiger partial charge < -0.3 is 15.0 Å². The maximum absolute atomic E-state index is 12.9. The summed E-state index contributed by atoms with van der Waals surface area (Å²) in [5, 5.41) is 9.99. The number of carboxylic acids is 1. The highest BCUT2D eigenvalue weighted by Gasteiger charge is 2.44. The lowest BCUT2D eigenvalue weighted by Crippen LogP contribution is -2.37. The zero-order chi connectivity index (χ0) is 18.6. The van der Waals surface area contributed by atoms with Gasteiger partial charge in [-0.2, -0.15) is 0 Å². The van der Waals surface area contributed by atoms with Gasteiger partial charge in [-0.3, -0.25) is 14.4 Å². The Morgan fingerprint density at radius 3 is 2.69 bits per heavy atom. The van der Waals surface area contributed by atoms with Crippen LogP contribution in [0.1, 0.15) is 61.1 Å². The minimum atomic E-state index is -0.925. The summed E-state index contributed by atoms with van der Waals surface area (Å²) < 4.78 is 0. The van der Waals surface area contributed by atoms with Crippen LogP contribution in [0, 0.1) is 0 Å². The maximum atomic E-state index is 12.9. The molecule has 1 aromatic heterocycles. The second kappa shape index (κ2) is 5.69. The van der Waals surface area contributed by atoms with E-state index in [0.29, 0.717) is 12.1 Å². The summed E-state index contributed by atoms with van der Waals surface area (Å²) in [5.41, 5.74) is 3.54. The lowest BCUT2D eigenvalue weighted by Gasteiger charge is -2.19. The number of aryl methyl sites for hydroxylation is 1. The smallest absolute Gasteiger partial charge is 0.305 e. The Morgan fingerprint density at radius 2 is 1.96 bits per heavy atom. The molecule has 4 rings (SSSR count). The summed E-state index contributed by atoms with van der Waals surface area (Å²) in [6.45, 7) is 3.88. The molecule has 2 heterocycles. The molecule has 0 bridgehead atoms. The third kappa shape index (κ3) is 2.35. The van der Waals surface area contributed by atoms with Crippen molar-refractivity contribution < 1.29 is 19.5 Å². The average molecular weight is 354 g/mol. The highest BCUT2D eigenvalue weighted by molar-refractivity contribution is 6.11. The molecule has 0 fully saturated rings. The zero-order valence-corrected chi connectivity index (χ0v) is 15.0. The third-order valence-electron chi connectivity index (χ3n) is 5.68. The number of benzene rings is 1. The molecule has 26 heavy (non-hydrogen) atoms. The van der Waals surface area contributed by atoms with Crippen LogP contribution in [0.2, 0.25) is 0 Å². The summed E-state index contributed by atoms with van der Waals surface area (Å²) >= 11 is 0. The number of amides is 1. The molecule has 1 aromatic carbocycles. The van der Waals surface area contributed by atoms with E-state index in [1.54, 1.807) is 4.90 Å². The van der Waals surface area contributed by atoms with Gasteiger partial charge in [-0.05, 0) is 56.4 Å². The largest absolute Gasteiger partial charge is 0.481 e. The molecule has 0 atom stereocenters. The molecule has 0 radical (unpaired) electrons. The SMILES string of the molecule is CC1(C)C(=O)N(CCC(=O)O)c2cc3c4c([nH]c3cc21)C(=O)CCCC4. The third-order valence-corrected chi connectivity index (χ3v) is 5.68. The van der Waals surface area contributed by atoms with E-state index in [1.165, 1.54) is 0 Å². The Hall–Kier alpha value is -2.63. The van der Waals surface area contributed by atoms with Gasteiger partial charge in [0, 0.05) is 29.6 Å². The number of carboxylic acid groups (broad SMARTS) is 1. The van der Waals surface area contributed by atoms with Crippen LogP contribution in [0.3, 0.4) is 0 Å². The van der Waals surface area contributed by atoms with Crippen LogP contribution in [0.15, 0.2) is 12.1 Å². The van der Waals surface area contributed by atoms with E-state index < -0.39 is 11.4 Å². The van der Waals surface area contributed by atoms with E-state index in [0.717, 1.165) is 47.0 Å². The Labute approximate surface area is 151 Å². The molecular weight excluding hydrogens is 332 g/mol. The van der Waals surface area contributed by atoms with E-state index in [2.05, 4.69) is 4.98 Å². The van der Waals surface area contributed by atoms with E-state index in [9.17, 15) is 14.4 Å². The number of hydrogen-bond acceptors (Lipinski definition) is 3. The van der Waals surface area contributed by atoms with E-state index >= 15 is 0 Å². The number of aromatic nitrogens is 1. The number of carbonyl (C=O) groups excluding carboxylic acids is 2.